The Labute approximate surface area is 136 Å². The van der Waals surface area contributed by atoms with Crippen molar-refractivity contribution < 1.29 is 4.79 Å². The third-order valence-corrected chi connectivity index (χ3v) is 4.20. The fraction of sp³-hybridized carbons (Fsp3) is 0.333. The van der Waals surface area contributed by atoms with Crippen LogP contribution in [0.1, 0.15) is 12.0 Å². The van der Waals surface area contributed by atoms with Crippen LogP contribution in [0.15, 0.2) is 49.1 Å². The highest BCUT2D eigenvalue weighted by Crippen LogP contribution is 2.16. The highest BCUT2D eigenvalue weighted by molar-refractivity contribution is 5.92. The molecule has 1 amide bonds. The lowest BCUT2D eigenvalue weighted by molar-refractivity contribution is -0.125. The van der Waals surface area contributed by atoms with Crippen LogP contribution in [0.5, 0.6) is 0 Å². The van der Waals surface area contributed by atoms with Crippen molar-refractivity contribution in [3.05, 3.63) is 54.6 Å². The van der Waals surface area contributed by atoms with Crippen LogP contribution in [0.2, 0.25) is 0 Å². The minimum Gasteiger partial charge on any atom is -0.339 e. The Morgan fingerprint density at radius 1 is 1.39 bits per heavy atom. The second-order valence-electron chi connectivity index (χ2n) is 5.89. The Kier molecular flexibility index (Phi) is 4.88. The van der Waals surface area contributed by atoms with Gasteiger partial charge in [-0.1, -0.05) is 12.1 Å². The lowest BCUT2D eigenvalue weighted by atomic mass is 10.1. The quantitative estimate of drug-likeness (QED) is 0.859. The zero-order valence-electron chi connectivity index (χ0n) is 13.4. The van der Waals surface area contributed by atoms with Gasteiger partial charge in [-0.05, 0) is 49.7 Å². The normalized spacial score (nSPS) is 18.0. The highest BCUT2D eigenvalue weighted by atomic mass is 16.2. The summed E-state index contributed by atoms with van der Waals surface area (Å²) in [7, 11) is 1.96. The van der Waals surface area contributed by atoms with Crippen LogP contribution in [-0.2, 0) is 4.79 Å². The van der Waals surface area contributed by atoms with E-state index in [9.17, 15) is 4.79 Å². The number of hydrogen-bond donors (Lipinski definition) is 1. The molecule has 0 spiro atoms. The molecule has 2 aromatic rings. The number of rotatable bonds is 5. The predicted octanol–water partition coefficient (Wildman–Crippen LogP) is 1.95. The van der Waals surface area contributed by atoms with Crippen molar-refractivity contribution in [3.63, 3.8) is 0 Å². The molecular weight excluding hydrogens is 288 g/mol. The van der Waals surface area contributed by atoms with E-state index in [1.165, 1.54) is 0 Å². The standard InChI is InChI=1S/C18H22N4O/c1-19-12-16-8-10-21(13-16)18(23)7-4-15-2-5-17(6-3-15)22-11-9-20-14-22/h2-7,9,11,14,16,19H,8,10,12-13H2,1H3. The predicted molar refractivity (Wildman–Crippen MR) is 91.2 cm³/mol. The molecule has 5 heteroatoms. The van der Waals surface area contributed by atoms with Crippen LogP contribution in [-0.4, -0.2) is 47.0 Å². The van der Waals surface area contributed by atoms with Gasteiger partial charge in [0.2, 0.25) is 5.91 Å². The lowest BCUT2D eigenvalue weighted by Crippen LogP contribution is -2.28. The number of nitrogens with one attached hydrogen (secondary N) is 1. The largest absolute Gasteiger partial charge is 0.339 e. The van der Waals surface area contributed by atoms with E-state index in [0.717, 1.165) is 37.3 Å². The summed E-state index contributed by atoms with van der Waals surface area (Å²) in [5.74, 6) is 0.675. The topological polar surface area (TPSA) is 50.2 Å². The summed E-state index contributed by atoms with van der Waals surface area (Å²) in [4.78, 5) is 18.2. The van der Waals surface area contributed by atoms with E-state index in [1.54, 1.807) is 18.6 Å². The van der Waals surface area contributed by atoms with Gasteiger partial charge in [0, 0.05) is 37.2 Å². The van der Waals surface area contributed by atoms with Crippen LogP contribution in [0, 0.1) is 5.92 Å². The van der Waals surface area contributed by atoms with E-state index < -0.39 is 0 Å². The van der Waals surface area contributed by atoms with E-state index in [1.807, 2.05) is 53.1 Å². The number of benzene rings is 1. The maximum absolute atomic E-state index is 12.2. The first-order valence-electron chi connectivity index (χ1n) is 7.96. The summed E-state index contributed by atoms with van der Waals surface area (Å²) in [5.41, 5.74) is 2.08. The van der Waals surface area contributed by atoms with Crippen molar-refractivity contribution in [2.24, 2.45) is 5.92 Å². The average molecular weight is 310 g/mol. The number of hydrogen-bond acceptors (Lipinski definition) is 3. The Morgan fingerprint density at radius 3 is 2.91 bits per heavy atom. The van der Waals surface area contributed by atoms with Gasteiger partial charge in [0.05, 0.1) is 6.33 Å². The zero-order chi connectivity index (χ0) is 16.1. The molecule has 0 radical (unpaired) electrons. The molecule has 0 bridgehead atoms. The molecule has 1 fully saturated rings. The van der Waals surface area contributed by atoms with Crippen molar-refractivity contribution in [1.29, 1.82) is 0 Å². The van der Waals surface area contributed by atoms with Crippen LogP contribution in [0.25, 0.3) is 11.8 Å². The summed E-state index contributed by atoms with van der Waals surface area (Å²) in [6.45, 7) is 2.68. The number of likely N-dealkylation sites (tertiary alicyclic amines) is 1. The molecule has 1 atom stereocenters. The number of nitrogens with zero attached hydrogens (tertiary/aromatic N) is 3. The van der Waals surface area contributed by atoms with Crippen molar-refractivity contribution >= 4 is 12.0 Å². The minimum absolute atomic E-state index is 0.0993. The van der Waals surface area contributed by atoms with Gasteiger partial charge >= 0.3 is 0 Å². The molecule has 1 aromatic heterocycles. The summed E-state index contributed by atoms with van der Waals surface area (Å²) in [5, 5.41) is 3.18. The summed E-state index contributed by atoms with van der Waals surface area (Å²) in [6.07, 6.45) is 10.1. The molecule has 1 saturated heterocycles. The number of carbonyl (C=O) groups is 1. The van der Waals surface area contributed by atoms with Crippen molar-refractivity contribution in [2.45, 2.75) is 6.42 Å². The number of carbonyl (C=O) groups excluding carboxylic acids is 1. The molecule has 0 saturated carbocycles. The molecular formula is C18H22N4O. The Bertz CT molecular complexity index is 661. The van der Waals surface area contributed by atoms with E-state index in [0.29, 0.717) is 5.92 Å². The molecule has 2 heterocycles. The monoisotopic (exact) mass is 310 g/mol. The van der Waals surface area contributed by atoms with Gasteiger partial charge in [-0.25, -0.2) is 4.98 Å². The number of aromatic nitrogens is 2. The van der Waals surface area contributed by atoms with Gasteiger partial charge < -0.3 is 14.8 Å². The molecule has 0 aliphatic carbocycles. The second kappa shape index (κ2) is 7.24. The maximum atomic E-state index is 12.2. The molecule has 3 rings (SSSR count). The van der Waals surface area contributed by atoms with Crippen molar-refractivity contribution in [2.75, 3.05) is 26.7 Å². The van der Waals surface area contributed by atoms with Crippen LogP contribution < -0.4 is 5.32 Å². The minimum atomic E-state index is 0.0993. The molecule has 1 aromatic carbocycles. The van der Waals surface area contributed by atoms with Gasteiger partial charge in [0.1, 0.15) is 0 Å². The summed E-state index contributed by atoms with van der Waals surface area (Å²) in [6, 6.07) is 8.05. The number of imidazole rings is 1. The molecule has 1 aliphatic heterocycles. The molecule has 23 heavy (non-hydrogen) atoms. The smallest absolute Gasteiger partial charge is 0.246 e. The van der Waals surface area contributed by atoms with Gasteiger partial charge in [0.15, 0.2) is 0 Å². The zero-order valence-corrected chi connectivity index (χ0v) is 13.4. The first-order chi connectivity index (χ1) is 11.3. The SMILES string of the molecule is CNCC1CCN(C(=O)C=Cc2ccc(-n3ccnc3)cc2)C1. The van der Waals surface area contributed by atoms with Crippen LogP contribution in [0.3, 0.4) is 0 Å². The van der Waals surface area contributed by atoms with Gasteiger partial charge in [0.25, 0.3) is 0 Å². The first kappa shape index (κ1) is 15.5. The summed E-state index contributed by atoms with van der Waals surface area (Å²) >= 11 is 0. The van der Waals surface area contributed by atoms with E-state index >= 15 is 0 Å². The third kappa shape index (κ3) is 3.87. The lowest BCUT2D eigenvalue weighted by Gasteiger charge is -2.14. The Hall–Kier alpha value is -2.40. The molecule has 1 N–H and O–H groups in total. The molecule has 1 aliphatic rings. The first-order valence-corrected chi connectivity index (χ1v) is 7.96. The van der Waals surface area contributed by atoms with Crippen LogP contribution >= 0.6 is 0 Å². The van der Waals surface area contributed by atoms with Gasteiger partial charge in [-0.3, -0.25) is 4.79 Å². The summed E-state index contributed by atoms with van der Waals surface area (Å²) < 4.78 is 1.95. The van der Waals surface area contributed by atoms with Gasteiger partial charge in [-0.15, -0.1) is 0 Å². The Balaban J connectivity index is 1.58. The van der Waals surface area contributed by atoms with E-state index in [-0.39, 0.29) is 5.91 Å². The van der Waals surface area contributed by atoms with E-state index in [4.69, 9.17) is 0 Å². The van der Waals surface area contributed by atoms with Crippen LogP contribution in [0.4, 0.5) is 0 Å². The van der Waals surface area contributed by atoms with E-state index in [2.05, 4.69) is 10.3 Å². The Morgan fingerprint density at radius 2 is 2.22 bits per heavy atom. The molecule has 120 valence electrons. The fourth-order valence-corrected chi connectivity index (χ4v) is 2.93. The average Bonchev–Trinajstić information content (AvgIpc) is 3.25. The molecule has 1 unspecified atom stereocenters. The van der Waals surface area contributed by atoms with Crippen molar-refractivity contribution in [3.8, 4) is 5.69 Å². The van der Waals surface area contributed by atoms with Crippen molar-refractivity contribution in [1.82, 2.24) is 19.8 Å². The maximum Gasteiger partial charge on any atom is 0.246 e. The third-order valence-electron chi connectivity index (χ3n) is 4.20. The molecule has 5 nitrogen and oxygen atoms in total. The second-order valence-corrected chi connectivity index (χ2v) is 5.89. The van der Waals surface area contributed by atoms with Gasteiger partial charge in [-0.2, -0.15) is 0 Å². The number of amides is 1. The fourth-order valence-electron chi connectivity index (χ4n) is 2.93. The highest BCUT2D eigenvalue weighted by Gasteiger charge is 2.24.